The average molecular weight is 298 g/mol. The summed E-state index contributed by atoms with van der Waals surface area (Å²) in [4.78, 5) is 20.3. The van der Waals surface area contributed by atoms with Crippen LogP contribution < -0.4 is 0 Å². The van der Waals surface area contributed by atoms with Crippen LogP contribution in [0.3, 0.4) is 0 Å². The molecule has 1 aliphatic rings. The maximum Gasteiger partial charge on any atom is 0.253 e. The first-order valence-corrected chi connectivity index (χ1v) is 7.14. The number of hydrogen-bond donors (Lipinski definition) is 0. The molecule has 1 unspecified atom stereocenters. The molecule has 0 aliphatic carbocycles. The minimum atomic E-state index is -0.0330. The Hall–Kier alpha value is -1.17. The molecule has 1 aromatic heterocycles. The van der Waals surface area contributed by atoms with Gasteiger partial charge in [-0.25, -0.2) is 4.98 Å². The number of nitrogens with zero attached hydrogens (tertiary/aromatic N) is 3. The highest BCUT2D eigenvalue weighted by molar-refractivity contribution is 6.29. The molecule has 0 aromatic carbocycles. The van der Waals surface area contributed by atoms with E-state index >= 15 is 0 Å². The molecule has 110 valence electrons. The SMILES string of the molecule is CC(CN(C)C(=O)c1ccnc(Cl)c1)N1CCOCC1. The molecular formula is C14H20ClN3O2. The van der Waals surface area contributed by atoms with Crippen LogP contribution in [0.1, 0.15) is 17.3 Å². The highest BCUT2D eigenvalue weighted by atomic mass is 35.5. The Bertz CT molecular complexity index is 463. The van der Waals surface area contributed by atoms with E-state index in [2.05, 4.69) is 16.8 Å². The minimum Gasteiger partial charge on any atom is -0.379 e. The van der Waals surface area contributed by atoms with E-state index < -0.39 is 0 Å². The molecule has 1 atom stereocenters. The van der Waals surface area contributed by atoms with Gasteiger partial charge < -0.3 is 9.64 Å². The van der Waals surface area contributed by atoms with Crippen molar-refractivity contribution < 1.29 is 9.53 Å². The standard InChI is InChI=1S/C14H20ClN3O2/c1-11(18-5-7-20-8-6-18)10-17(2)14(19)12-3-4-16-13(15)9-12/h3-4,9,11H,5-8,10H2,1-2H3. The molecule has 6 heteroatoms. The van der Waals surface area contributed by atoms with Crippen LogP contribution in [-0.4, -0.2) is 66.6 Å². The molecule has 2 heterocycles. The third-order valence-electron chi connectivity index (χ3n) is 3.53. The molecule has 1 saturated heterocycles. The Balaban J connectivity index is 1.93. The van der Waals surface area contributed by atoms with Crippen molar-refractivity contribution in [1.82, 2.24) is 14.8 Å². The van der Waals surface area contributed by atoms with Crippen molar-refractivity contribution in [2.75, 3.05) is 39.9 Å². The van der Waals surface area contributed by atoms with Gasteiger partial charge in [-0.2, -0.15) is 0 Å². The predicted molar refractivity (Wildman–Crippen MR) is 78.1 cm³/mol. The zero-order chi connectivity index (χ0) is 14.5. The maximum atomic E-state index is 12.3. The Morgan fingerprint density at radius 1 is 1.55 bits per heavy atom. The Morgan fingerprint density at radius 3 is 2.90 bits per heavy atom. The molecule has 2 rings (SSSR count). The lowest BCUT2D eigenvalue weighted by molar-refractivity contribution is 0.0142. The number of aromatic nitrogens is 1. The number of halogens is 1. The number of carbonyl (C=O) groups is 1. The number of hydrogen-bond acceptors (Lipinski definition) is 4. The zero-order valence-corrected chi connectivity index (χ0v) is 12.6. The number of carbonyl (C=O) groups excluding carboxylic acids is 1. The van der Waals surface area contributed by atoms with Crippen molar-refractivity contribution in [1.29, 1.82) is 0 Å². The molecule has 0 spiro atoms. The van der Waals surface area contributed by atoms with Gasteiger partial charge in [-0.05, 0) is 19.1 Å². The molecule has 0 saturated carbocycles. The number of rotatable bonds is 4. The van der Waals surface area contributed by atoms with Gasteiger partial charge in [-0.3, -0.25) is 9.69 Å². The first-order chi connectivity index (χ1) is 9.58. The van der Waals surface area contributed by atoms with Gasteiger partial charge in [0.1, 0.15) is 5.15 Å². The lowest BCUT2D eigenvalue weighted by atomic mass is 10.2. The van der Waals surface area contributed by atoms with Crippen molar-refractivity contribution in [3.63, 3.8) is 0 Å². The molecule has 1 aromatic rings. The summed E-state index contributed by atoms with van der Waals surface area (Å²) in [5.41, 5.74) is 0.571. The number of ether oxygens (including phenoxy) is 1. The summed E-state index contributed by atoms with van der Waals surface area (Å²) in [5.74, 6) is -0.0330. The Labute approximate surface area is 124 Å². The topological polar surface area (TPSA) is 45.7 Å². The van der Waals surface area contributed by atoms with E-state index in [4.69, 9.17) is 16.3 Å². The van der Waals surface area contributed by atoms with Crippen molar-refractivity contribution in [3.8, 4) is 0 Å². The summed E-state index contributed by atoms with van der Waals surface area (Å²) < 4.78 is 5.34. The molecule has 0 N–H and O–H groups in total. The smallest absolute Gasteiger partial charge is 0.253 e. The second-order valence-corrected chi connectivity index (χ2v) is 5.44. The van der Waals surface area contributed by atoms with E-state index in [0.717, 1.165) is 26.3 Å². The van der Waals surface area contributed by atoms with Crippen LogP contribution in [0.5, 0.6) is 0 Å². The minimum absolute atomic E-state index is 0.0330. The van der Waals surface area contributed by atoms with Gasteiger partial charge in [-0.15, -0.1) is 0 Å². The largest absolute Gasteiger partial charge is 0.379 e. The monoisotopic (exact) mass is 297 g/mol. The first kappa shape index (κ1) is 15.2. The fraction of sp³-hybridized carbons (Fsp3) is 0.571. The van der Waals surface area contributed by atoms with E-state index in [9.17, 15) is 4.79 Å². The first-order valence-electron chi connectivity index (χ1n) is 6.76. The number of likely N-dealkylation sites (N-methyl/N-ethyl adjacent to an activating group) is 1. The summed E-state index contributed by atoms with van der Waals surface area (Å²) >= 11 is 5.82. The highest BCUT2D eigenvalue weighted by Crippen LogP contribution is 2.11. The summed E-state index contributed by atoms with van der Waals surface area (Å²) in [6.45, 7) is 6.19. The second-order valence-electron chi connectivity index (χ2n) is 5.05. The normalized spacial score (nSPS) is 17.8. The van der Waals surface area contributed by atoms with Crippen LogP contribution >= 0.6 is 11.6 Å². The van der Waals surface area contributed by atoms with Gasteiger partial charge in [0, 0.05) is 44.5 Å². The van der Waals surface area contributed by atoms with Crippen LogP contribution in [0, 0.1) is 0 Å². The van der Waals surface area contributed by atoms with Crippen LogP contribution in [-0.2, 0) is 4.74 Å². The van der Waals surface area contributed by atoms with Gasteiger partial charge in [0.2, 0.25) is 0 Å². The van der Waals surface area contributed by atoms with Gasteiger partial charge >= 0.3 is 0 Å². The average Bonchev–Trinajstić information content (AvgIpc) is 2.47. The molecule has 1 fully saturated rings. The molecule has 0 bridgehead atoms. The summed E-state index contributed by atoms with van der Waals surface area (Å²) in [6.07, 6.45) is 1.55. The third-order valence-corrected chi connectivity index (χ3v) is 3.73. The number of morpholine rings is 1. The number of amides is 1. The van der Waals surface area contributed by atoms with Gasteiger partial charge in [0.15, 0.2) is 0 Å². The Kier molecular flexibility index (Phi) is 5.34. The van der Waals surface area contributed by atoms with Gasteiger partial charge in [0.05, 0.1) is 13.2 Å². The lowest BCUT2D eigenvalue weighted by Gasteiger charge is -2.34. The van der Waals surface area contributed by atoms with E-state index in [1.807, 2.05) is 7.05 Å². The van der Waals surface area contributed by atoms with E-state index in [1.54, 1.807) is 23.2 Å². The van der Waals surface area contributed by atoms with Crippen molar-refractivity contribution >= 4 is 17.5 Å². The number of pyridine rings is 1. The van der Waals surface area contributed by atoms with E-state index in [0.29, 0.717) is 23.3 Å². The van der Waals surface area contributed by atoms with E-state index in [-0.39, 0.29) is 5.91 Å². The molecule has 0 radical (unpaired) electrons. The molecular weight excluding hydrogens is 278 g/mol. The Morgan fingerprint density at radius 2 is 2.25 bits per heavy atom. The predicted octanol–water partition coefficient (Wildman–Crippen LogP) is 1.53. The molecule has 1 amide bonds. The van der Waals surface area contributed by atoms with Gasteiger partial charge in [-0.1, -0.05) is 11.6 Å². The fourth-order valence-electron chi connectivity index (χ4n) is 2.37. The molecule has 20 heavy (non-hydrogen) atoms. The molecule has 1 aliphatic heterocycles. The van der Waals surface area contributed by atoms with Crippen LogP contribution in [0.15, 0.2) is 18.3 Å². The maximum absolute atomic E-state index is 12.3. The van der Waals surface area contributed by atoms with Crippen LogP contribution in [0.2, 0.25) is 5.15 Å². The second kappa shape index (κ2) is 7.02. The van der Waals surface area contributed by atoms with Gasteiger partial charge in [0.25, 0.3) is 5.91 Å². The van der Waals surface area contributed by atoms with Crippen molar-refractivity contribution in [2.45, 2.75) is 13.0 Å². The molecule has 5 nitrogen and oxygen atoms in total. The van der Waals surface area contributed by atoms with Crippen molar-refractivity contribution in [3.05, 3.63) is 29.0 Å². The lowest BCUT2D eigenvalue weighted by Crippen LogP contribution is -2.47. The quantitative estimate of drug-likeness (QED) is 0.791. The summed E-state index contributed by atoms with van der Waals surface area (Å²) in [5, 5.41) is 0.338. The van der Waals surface area contributed by atoms with Crippen LogP contribution in [0.4, 0.5) is 0 Å². The zero-order valence-electron chi connectivity index (χ0n) is 11.9. The van der Waals surface area contributed by atoms with Crippen molar-refractivity contribution in [2.24, 2.45) is 0 Å². The van der Waals surface area contributed by atoms with E-state index in [1.165, 1.54) is 0 Å². The third kappa shape index (κ3) is 3.91. The summed E-state index contributed by atoms with van der Waals surface area (Å²) in [7, 11) is 1.81. The van der Waals surface area contributed by atoms with Crippen LogP contribution in [0.25, 0.3) is 0 Å². The highest BCUT2D eigenvalue weighted by Gasteiger charge is 2.21. The fourth-order valence-corrected chi connectivity index (χ4v) is 2.54. The summed E-state index contributed by atoms with van der Waals surface area (Å²) in [6, 6.07) is 3.59.